The number of H-pyrrole nitrogens is 1. The molecule has 0 aliphatic rings. The predicted molar refractivity (Wildman–Crippen MR) is 52.9 cm³/mol. The summed E-state index contributed by atoms with van der Waals surface area (Å²) in [4.78, 5) is 10.4. The van der Waals surface area contributed by atoms with Gasteiger partial charge < -0.3 is 5.73 Å². The van der Waals surface area contributed by atoms with Crippen LogP contribution in [0, 0.1) is 4.77 Å². The fraction of sp³-hybridized carbons (Fsp3) is 0.714. The number of primary amides is 1. The van der Waals surface area contributed by atoms with Gasteiger partial charge in [0.15, 0.2) is 0 Å². The first-order valence-corrected chi connectivity index (χ1v) is 4.87. The van der Waals surface area contributed by atoms with E-state index in [1.54, 1.807) is 4.68 Å². The lowest BCUT2D eigenvalue weighted by Gasteiger charge is -1.99. The van der Waals surface area contributed by atoms with Crippen molar-refractivity contribution in [2.24, 2.45) is 5.73 Å². The standard InChI is InChI=1S/C7H13N5OS/c8-6(13)4-2-1-3-5-12-7(14)9-10-11-12/h1-5H2,(H2,8,13)(H,9,11,14). The number of aromatic amines is 1. The number of tetrazole rings is 1. The van der Waals surface area contributed by atoms with Crippen LogP contribution in [0.2, 0.25) is 0 Å². The van der Waals surface area contributed by atoms with Gasteiger partial charge in [0.05, 0.1) is 0 Å². The second kappa shape index (κ2) is 5.48. The molecule has 0 spiro atoms. The van der Waals surface area contributed by atoms with Crippen molar-refractivity contribution in [3.8, 4) is 0 Å². The summed E-state index contributed by atoms with van der Waals surface area (Å²) in [5.74, 6) is -0.246. The van der Waals surface area contributed by atoms with Gasteiger partial charge in [0, 0.05) is 13.0 Å². The molecule has 7 heteroatoms. The van der Waals surface area contributed by atoms with Gasteiger partial charge in [0.1, 0.15) is 0 Å². The van der Waals surface area contributed by atoms with E-state index in [0.29, 0.717) is 11.2 Å². The fourth-order valence-electron chi connectivity index (χ4n) is 1.11. The summed E-state index contributed by atoms with van der Waals surface area (Å²) in [5, 5.41) is 9.87. The number of aryl methyl sites for hydroxylation is 1. The smallest absolute Gasteiger partial charge is 0.238 e. The van der Waals surface area contributed by atoms with E-state index in [2.05, 4.69) is 15.5 Å². The Morgan fingerprint density at radius 1 is 1.50 bits per heavy atom. The van der Waals surface area contributed by atoms with Crippen LogP contribution in [0.15, 0.2) is 0 Å². The Bertz CT molecular complexity index is 344. The van der Waals surface area contributed by atoms with Crippen molar-refractivity contribution in [1.29, 1.82) is 0 Å². The SMILES string of the molecule is NC(=O)CCCCCn1[nH]nnc1=S. The number of carbonyl (C=O) groups excluding carboxylic acids is 1. The van der Waals surface area contributed by atoms with E-state index in [0.717, 1.165) is 25.8 Å². The topological polar surface area (TPSA) is 89.6 Å². The molecule has 78 valence electrons. The summed E-state index contributed by atoms with van der Waals surface area (Å²) in [6.07, 6.45) is 3.16. The number of nitrogens with zero attached hydrogens (tertiary/aromatic N) is 3. The van der Waals surface area contributed by atoms with Crippen LogP contribution in [0.5, 0.6) is 0 Å². The number of nitrogens with two attached hydrogens (primary N) is 1. The van der Waals surface area contributed by atoms with E-state index < -0.39 is 0 Å². The van der Waals surface area contributed by atoms with Crippen LogP contribution in [0.3, 0.4) is 0 Å². The van der Waals surface area contributed by atoms with Crippen molar-refractivity contribution in [1.82, 2.24) is 20.2 Å². The molecule has 1 heterocycles. The number of aromatic nitrogens is 4. The molecule has 1 aromatic heterocycles. The molecule has 14 heavy (non-hydrogen) atoms. The zero-order chi connectivity index (χ0) is 10.4. The number of nitrogens with one attached hydrogen (secondary N) is 1. The Morgan fingerprint density at radius 3 is 2.86 bits per heavy atom. The van der Waals surface area contributed by atoms with Gasteiger partial charge >= 0.3 is 0 Å². The highest BCUT2D eigenvalue weighted by Crippen LogP contribution is 2.00. The zero-order valence-corrected chi connectivity index (χ0v) is 8.59. The summed E-state index contributed by atoms with van der Waals surface area (Å²) in [7, 11) is 0. The molecule has 1 aromatic rings. The zero-order valence-electron chi connectivity index (χ0n) is 7.77. The van der Waals surface area contributed by atoms with Gasteiger partial charge in [0.2, 0.25) is 10.7 Å². The van der Waals surface area contributed by atoms with E-state index in [4.69, 9.17) is 18.0 Å². The molecular weight excluding hydrogens is 202 g/mol. The highest BCUT2D eigenvalue weighted by molar-refractivity contribution is 7.71. The van der Waals surface area contributed by atoms with E-state index in [1.165, 1.54) is 0 Å². The normalized spacial score (nSPS) is 10.3. The second-order valence-electron chi connectivity index (χ2n) is 3.01. The first kappa shape index (κ1) is 10.8. The molecule has 0 fully saturated rings. The maximum absolute atomic E-state index is 10.4. The van der Waals surface area contributed by atoms with E-state index in [9.17, 15) is 4.79 Å². The molecule has 0 saturated heterocycles. The first-order valence-electron chi connectivity index (χ1n) is 4.46. The van der Waals surface area contributed by atoms with Crippen LogP contribution in [-0.4, -0.2) is 26.1 Å². The summed E-state index contributed by atoms with van der Waals surface area (Å²) >= 11 is 4.89. The first-order chi connectivity index (χ1) is 6.70. The van der Waals surface area contributed by atoms with Crippen LogP contribution in [0.4, 0.5) is 0 Å². The summed E-state index contributed by atoms with van der Waals surface area (Å²) < 4.78 is 2.15. The lowest BCUT2D eigenvalue weighted by molar-refractivity contribution is -0.118. The fourth-order valence-corrected chi connectivity index (χ4v) is 1.28. The number of unbranched alkanes of at least 4 members (excludes halogenated alkanes) is 2. The number of hydrogen-bond acceptors (Lipinski definition) is 4. The molecule has 0 radical (unpaired) electrons. The van der Waals surface area contributed by atoms with Gasteiger partial charge in [-0.05, 0) is 25.1 Å². The maximum Gasteiger partial charge on any atom is 0.238 e. The largest absolute Gasteiger partial charge is 0.370 e. The average Bonchev–Trinajstić information content (AvgIpc) is 2.51. The molecule has 1 amide bonds. The van der Waals surface area contributed by atoms with E-state index in [-0.39, 0.29) is 5.91 Å². The Morgan fingerprint density at radius 2 is 2.29 bits per heavy atom. The van der Waals surface area contributed by atoms with Gasteiger partial charge in [-0.15, -0.1) is 0 Å². The number of carbonyl (C=O) groups is 1. The van der Waals surface area contributed by atoms with Crippen molar-refractivity contribution in [2.75, 3.05) is 0 Å². The van der Waals surface area contributed by atoms with Crippen LogP contribution < -0.4 is 5.73 Å². The monoisotopic (exact) mass is 215 g/mol. The highest BCUT2D eigenvalue weighted by atomic mass is 32.1. The Labute approximate surface area is 86.5 Å². The van der Waals surface area contributed by atoms with Crippen LogP contribution in [0.25, 0.3) is 0 Å². The van der Waals surface area contributed by atoms with Crippen molar-refractivity contribution in [3.63, 3.8) is 0 Å². The van der Waals surface area contributed by atoms with Gasteiger partial charge in [-0.25, -0.2) is 4.68 Å². The predicted octanol–water partition coefficient (Wildman–Crippen LogP) is 0.381. The van der Waals surface area contributed by atoms with Gasteiger partial charge in [0.25, 0.3) is 0 Å². The van der Waals surface area contributed by atoms with Crippen molar-refractivity contribution < 1.29 is 4.79 Å². The molecule has 0 aromatic carbocycles. The summed E-state index contributed by atoms with van der Waals surface area (Å²) in [5.41, 5.74) is 5.01. The molecule has 0 aliphatic heterocycles. The molecule has 0 unspecified atom stereocenters. The molecule has 6 nitrogen and oxygen atoms in total. The van der Waals surface area contributed by atoms with Gasteiger partial charge in [-0.1, -0.05) is 16.7 Å². The van der Waals surface area contributed by atoms with Crippen LogP contribution in [0.1, 0.15) is 25.7 Å². The third kappa shape index (κ3) is 3.65. The van der Waals surface area contributed by atoms with Gasteiger partial charge in [-0.2, -0.15) is 5.21 Å². The Hall–Kier alpha value is -1.24. The van der Waals surface area contributed by atoms with Crippen LogP contribution in [-0.2, 0) is 11.3 Å². The molecule has 0 atom stereocenters. The molecule has 1 rings (SSSR count). The number of rotatable bonds is 6. The molecular formula is C7H13N5OS. The second-order valence-corrected chi connectivity index (χ2v) is 3.38. The number of amides is 1. The van der Waals surface area contributed by atoms with Crippen LogP contribution >= 0.6 is 12.2 Å². The lowest BCUT2D eigenvalue weighted by Crippen LogP contribution is -2.09. The number of hydrogen-bond donors (Lipinski definition) is 2. The third-order valence-corrected chi connectivity index (χ3v) is 2.14. The lowest BCUT2D eigenvalue weighted by atomic mass is 10.2. The van der Waals surface area contributed by atoms with Crippen molar-refractivity contribution in [2.45, 2.75) is 32.2 Å². The minimum atomic E-state index is -0.246. The summed E-state index contributed by atoms with van der Waals surface area (Å²) in [6, 6.07) is 0. The molecule has 0 bridgehead atoms. The highest BCUT2D eigenvalue weighted by Gasteiger charge is 1.97. The molecule has 3 N–H and O–H groups in total. The quantitative estimate of drug-likeness (QED) is 0.530. The maximum atomic E-state index is 10.4. The van der Waals surface area contributed by atoms with Crippen molar-refractivity contribution >= 4 is 18.1 Å². The van der Waals surface area contributed by atoms with E-state index >= 15 is 0 Å². The minimum Gasteiger partial charge on any atom is -0.370 e. The van der Waals surface area contributed by atoms with Gasteiger partial charge in [-0.3, -0.25) is 4.79 Å². The molecule has 0 aliphatic carbocycles. The average molecular weight is 215 g/mol. The minimum absolute atomic E-state index is 0.246. The third-order valence-electron chi connectivity index (χ3n) is 1.84. The molecule has 0 saturated carbocycles. The Balaban J connectivity index is 2.13. The van der Waals surface area contributed by atoms with E-state index in [1.807, 2.05) is 0 Å². The summed E-state index contributed by atoms with van der Waals surface area (Å²) in [6.45, 7) is 0.755. The Kier molecular flexibility index (Phi) is 4.24. The van der Waals surface area contributed by atoms with Crippen molar-refractivity contribution in [3.05, 3.63) is 4.77 Å².